The molecule has 3 heteroatoms. The van der Waals surface area contributed by atoms with Crippen LogP contribution in [0.2, 0.25) is 0 Å². The van der Waals surface area contributed by atoms with Crippen LogP contribution in [0.5, 0.6) is 5.75 Å². The number of rotatable bonds is 2. The number of halogens is 1. The maximum atomic E-state index is 12.8. The standard InChI is InChI=1S/C9H12FNO/c1-6(11)7-3-8(10)5-9(4-7)12-2/h3-6H,11H2,1-2H3/t6-/m0/s1. The van der Waals surface area contributed by atoms with Crippen molar-refractivity contribution < 1.29 is 9.13 Å². The lowest BCUT2D eigenvalue weighted by atomic mass is 10.1. The molecule has 0 aliphatic rings. The van der Waals surface area contributed by atoms with Crippen molar-refractivity contribution >= 4 is 0 Å². The van der Waals surface area contributed by atoms with Crippen LogP contribution in [0.4, 0.5) is 4.39 Å². The predicted molar refractivity (Wildman–Crippen MR) is 45.6 cm³/mol. The second kappa shape index (κ2) is 3.54. The van der Waals surface area contributed by atoms with Gasteiger partial charge in [0, 0.05) is 12.1 Å². The topological polar surface area (TPSA) is 35.2 Å². The van der Waals surface area contributed by atoms with Crippen LogP contribution >= 0.6 is 0 Å². The monoisotopic (exact) mass is 169 g/mol. The molecule has 1 aromatic rings. The maximum Gasteiger partial charge on any atom is 0.127 e. The minimum absolute atomic E-state index is 0.172. The van der Waals surface area contributed by atoms with Crippen molar-refractivity contribution in [1.82, 2.24) is 0 Å². The van der Waals surface area contributed by atoms with Crippen LogP contribution in [0.3, 0.4) is 0 Å². The van der Waals surface area contributed by atoms with Gasteiger partial charge in [-0.2, -0.15) is 0 Å². The molecule has 0 unspecified atom stereocenters. The summed E-state index contributed by atoms with van der Waals surface area (Å²) < 4.78 is 17.7. The Labute approximate surface area is 71.1 Å². The molecule has 0 spiro atoms. The van der Waals surface area contributed by atoms with Gasteiger partial charge < -0.3 is 10.5 Å². The fraction of sp³-hybridized carbons (Fsp3) is 0.333. The molecule has 0 amide bonds. The Balaban J connectivity index is 3.06. The third-order valence-electron chi connectivity index (χ3n) is 1.66. The van der Waals surface area contributed by atoms with Gasteiger partial charge in [0.25, 0.3) is 0 Å². The highest BCUT2D eigenvalue weighted by Gasteiger charge is 2.03. The fourth-order valence-corrected chi connectivity index (χ4v) is 0.965. The highest BCUT2D eigenvalue weighted by atomic mass is 19.1. The number of ether oxygens (including phenoxy) is 1. The first kappa shape index (κ1) is 9.00. The molecular weight excluding hydrogens is 157 g/mol. The summed E-state index contributed by atoms with van der Waals surface area (Å²) in [6, 6.07) is 4.29. The number of nitrogens with two attached hydrogens (primary N) is 1. The van der Waals surface area contributed by atoms with E-state index in [1.54, 1.807) is 13.0 Å². The van der Waals surface area contributed by atoms with Crippen molar-refractivity contribution in [2.45, 2.75) is 13.0 Å². The molecule has 2 nitrogen and oxygen atoms in total. The van der Waals surface area contributed by atoms with Gasteiger partial charge in [-0.15, -0.1) is 0 Å². The molecule has 2 N–H and O–H groups in total. The molecule has 1 atom stereocenters. The van der Waals surface area contributed by atoms with E-state index in [2.05, 4.69) is 0 Å². The molecule has 12 heavy (non-hydrogen) atoms. The van der Waals surface area contributed by atoms with Gasteiger partial charge in [0.1, 0.15) is 11.6 Å². The summed E-state index contributed by atoms with van der Waals surface area (Å²) in [6.07, 6.45) is 0. The fourth-order valence-electron chi connectivity index (χ4n) is 0.965. The van der Waals surface area contributed by atoms with Gasteiger partial charge in [-0.1, -0.05) is 0 Å². The number of hydrogen-bond acceptors (Lipinski definition) is 2. The molecule has 0 heterocycles. The molecule has 0 aliphatic carbocycles. The smallest absolute Gasteiger partial charge is 0.127 e. The third-order valence-corrected chi connectivity index (χ3v) is 1.66. The van der Waals surface area contributed by atoms with Crippen molar-refractivity contribution in [3.8, 4) is 5.75 Å². The van der Waals surface area contributed by atoms with Crippen molar-refractivity contribution in [3.63, 3.8) is 0 Å². The summed E-state index contributed by atoms with van der Waals surface area (Å²) in [5.74, 6) is 0.184. The van der Waals surface area contributed by atoms with E-state index in [1.807, 2.05) is 0 Å². The Morgan fingerprint density at radius 3 is 2.58 bits per heavy atom. The van der Waals surface area contributed by atoms with E-state index < -0.39 is 0 Å². The zero-order chi connectivity index (χ0) is 9.14. The zero-order valence-corrected chi connectivity index (χ0v) is 7.17. The number of hydrogen-bond donors (Lipinski definition) is 1. The highest BCUT2D eigenvalue weighted by Crippen LogP contribution is 2.19. The van der Waals surface area contributed by atoms with Crippen LogP contribution in [0, 0.1) is 5.82 Å². The van der Waals surface area contributed by atoms with Crippen molar-refractivity contribution in [2.75, 3.05) is 7.11 Å². The van der Waals surface area contributed by atoms with E-state index in [4.69, 9.17) is 10.5 Å². The van der Waals surface area contributed by atoms with Gasteiger partial charge in [-0.25, -0.2) is 4.39 Å². The lowest BCUT2D eigenvalue weighted by Gasteiger charge is -2.07. The maximum absolute atomic E-state index is 12.8. The van der Waals surface area contributed by atoms with Crippen LogP contribution in [-0.4, -0.2) is 7.11 Å². The Bertz CT molecular complexity index is 273. The molecule has 0 aliphatic heterocycles. The lowest BCUT2D eigenvalue weighted by Crippen LogP contribution is -2.05. The molecule has 0 radical (unpaired) electrons. The summed E-state index contributed by atoms with van der Waals surface area (Å²) in [7, 11) is 1.50. The van der Waals surface area contributed by atoms with Gasteiger partial charge in [0.2, 0.25) is 0 Å². The molecule has 0 saturated carbocycles. The van der Waals surface area contributed by atoms with Gasteiger partial charge in [-0.3, -0.25) is 0 Å². The summed E-state index contributed by atoms with van der Waals surface area (Å²) in [5, 5.41) is 0. The Morgan fingerprint density at radius 2 is 2.08 bits per heavy atom. The van der Waals surface area contributed by atoms with E-state index >= 15 is 0 Å². The molecule has 1 aromatic carbocycles. The second-order valence-corrected chi connectivity index (χ2v) is 2.71. The minimum Gasteiger partial charge on any atom is -0.497 e. The quantitative estimate of drug-likeness (QED) is 0.733. The predicted octanol–water partition coefficient (Wildman–Crippen LogP) is 1.85. The molecule has 0 aromatic heterocycles. The van der Waals surface area contributed by atoms with Gasteiger partial charge in [0.15, 0.2) is 0 Å². The van der Waals surface area contributed by atoms with Crippen LogP contribution < -0.4 is 10.5 Å². The van der Waals surface area contributed by atoms with Crippen molar-refractivity contribution in [1.29, 1.82) is 0 Å². The molecule has 1 rings (SSSR count). The highest BCUT2D eigenvalue weighted by molar-refractivity contribution is 5.31. The summed E-state index contributed by atoms with van der Waals surface area (Å²) >= 11 is 0. The Kier molecular flexibility index (Phi) is 2.65. The minimum atomic E-state index is -0.318. The summed E-state index contributed by atoms with van der Waals surface area (Å²) in [5.41, 5.74) is 6.33. The van der Waals surface area contributed by atoms with E-state index in [0.717, 1.165) is 5.56 Å². The molecule has 66 valence electrons. The second-order valence-electron chi connectivity index (χ2n) is 2.71. The van der Waals surface area contributed by atoms with E-state index in [1.165, 1.54) is 19.2 Å². The van der Waals surface area contributed by atoms with E-state index in [-0.39, 0.29) is 11.9 Å². The molecular formula is C9H12FNO. The van der Waals surface area contributed by atoms with Crippen molar-refractivity contribution in [2.24, 2.45) is 5.73 Å². The summed E-state index contributed by atoms with van der Waals surface area (Å²) in [6.45, 7) is 1.80. The zero-order valence-electron chi connectivity index (χ0n) is 7.17. The first-order valence-corrected chi connectivity index (χ1v) is 3.73. The third kappa shape index (κ3) is 1.95. The molecule has 0 fully saturated rings. The van der Waals surface area contributed by atoms with Crippen molar-refractivity contribution in [3.05, 3.63) is 29.6 Å². The largest absolute Gasteiger partial charge is 0.497 e. The number of methoxy groups -OCH3 is 1. The average Bonchev–Trinajstić information content (AvgIpc) is 2.03. The van der Waals surface area contributed by atoms with Crippen LogP contribution in [0.15, 0.2) is 18.2 Å². The van der Waals surface area contributed by atoms with Crippen LogP contribution in [0.1, 0.15) is 18.5 Å². The normalized spacial score (nSPS) is 12.7. The van der Waals surface area contributed by atoms with Gasteiger partial charge in [0.05, 0.1) is 7.11 Å². The molecule has 0 bridgehead atoms. The van der Waals surface area contributed by atoms with E-state index in [0.29, 0.717) is 5.75 Å². The average molecular weight is 169 g/mol. The SMILES string of the molecule is COc1cc(F)cc([C@H](C)N)c1. The lowest BCUT2D eigenvalue weighted by molar-refractivity contribution is 0.410. The summed E-state index contributed by atoms with van der Waals surface area (Å²) in [4.78, 5) is 0. The first-order valence-electron chi connectivity index (χ1n) is 3.73. The van der Waals surface area contributed by atoms with Crippen LogP contribution in [-0.2, 0) is 0 Å². The first-order chi connectivity index (χ1) is 5.63. The Morgan fingerprint density at radius 1 is 1.42 bits per heavy atom. The Hall–Kier alpha value is -1.09. The van der Waals surface area contributed by atoms with Gasteiger partial charge in [-0.05, 0) is 24.6 Å². The van der Waals surface area contributed by atoms with E-state index in [9.17, 15) is 4.39 Å². The molecule has 0 saturated heterocycles. The van der Waals surface area contributed by atoms with Crippen LogP contribution in [0.25, 0.3) is 0 Å². The number of benzene rings is 1. The van der Waals surface area contributed by atoms with Gasteiger partial charge >= 0.3 is 0 Å².